The highest BCUT2D eigenvalue weighted by atomic mass is 32.2. The summed E-state index contributed by atoms with van der Waals surface area (Å²) in [6, 6.07) is 14.7. The first-order valence-electron chi connectivity index (χ1n) is 10.2. The van der Waals surface area contributed by atoms with Gasteiger partial charge in [-0.25, -0.2) is 13.4 Å². The van der Waals surface area contributed by atoms with E-state index in [0.29, 0.717) is 18.0 Å². The summed E-state index contributed by atoms with van der Waals surface area (Å²) >= 11 is 1.36. The van der Waals surface area contributed by atoms with Crippen molar-refractivity contribution in [2.45, 2.75) is 36.6 Å². The number of rotatable bonds is 6. The fourth-order valence-electron chi connectivity index (χ4n) is 3.63. The average Bonchev–Trinajstić information content (AvgIpc) is 3.30. The van der Waals surface area contributed by atoms with Gasteiger partial charge in [0.25, 0.3) is 0 Å². The minimum absolute atomic E-state index is 0.0968. The van der Waals surface area contributed by atoms with Crippen LogP contribution in [0.4, 0.5) is 5.69 Å². The highest BCUT2D eigenvalue weighted by Gasteiger charge is 2.27. The molecule has 6 nitrogen and oxygen atoms in total. The van der Waals surface area contributed by atoms with Gasteiger partial charge in [-0.15, -0.1) is 0 Å². The Morgan fingerprint density at radius 2 is 1.77 bits per heavy atom. The van der Waals surface area contributed by atoms with E-state index < -0.39 is 10.0 Å². The van der Waals surface area contributed by atoms with E-state index in [1.54, 1.807) is 22.5 Å². The molecule has 1 aliphatic rings. The van der Waals surface area contributed by atoms with Crippen LogP contribution in [0.2, 0.25) is 0 Å². The van der Waals surface area contributed by atoms with E-state index in [2.05, 4.69) is 10.3 Å². The molecule has 1 amide bonds. The maximum atomic E-state index is 12.9. The van der Waals surface area contributed by atoms with Crippen LogP contribution in [0.1, 0.15) is 24.0 Å². The van der Waals surface area contributed by atoms with E-state index in [0.717, 1.165) is 45.6 Å². The first kappa shape index (κ1) is 21.8. The Kier molecular flexibility index (Phi) is 6.31. The zero-order valence-corrected chi connectivity index (χ0v) is 19.2. The molecule has 0 spiro atoms. The average molecular weight is 456 g/mol. The molecule has 2 aromatic carbocycles. The monoisotopic (exact) mass is 455 g/mol. The Labute approximate surface area is 187 Å². The molecule has 162 valence electrons. The van der Waals surface area contributed by atoms with Crippen molar-refractivity contribution >= 4 is 44.3 Å². The fourth-order valence-corrected chi connectivity index (χ4v) is 5.95. The highest BCUT2D eigenvalue weighted by molar-refractivity contribution is 7.99. The quantitative estimate of drug-likeness (QED) is 0.559. The SMILES string of the molecule is Cc1ccc(NC(=O)CSc2cc(C)c3cc(S(=O)(=O)N4CCCC4)ccc3n2)cc1. The summed E-state index contributed by atoms with van der Waals surface area (Å²) in [5.41, 5.74) is 3.57. The van der Waals surface area contributed by atoms with Crippen molar-refractivity contribution in [2.75, 3.05) is 24.2 Å². The molecule has 0 saturated carbocycles. The number of aromatic nitrogens is 1. The molecule has 0 radical (unpaired) electrons. The molecule has 1 aromatic heterocycles. The van der Waals surface area contributed by atoms with Crippen LogP contribution in [-0.4, -0.2) is 42.5 Å². The summed E-state index contributed by atoms with van der Waals surface area (Å²) in [6.45, 7) is 5.10. The number of hydrogen-bond acceptors (Lipinski definition) is 5. The molecular weight excluding hydrogens is 430 g/mol. The molecule has 1 saturated heterocycles. The van der Waals surface area contributed by atoms with Crippen LogP contribution in [0, 0.1) is 13.8 Å². The van der Waals surface area contributed by atoms with Gasteiger partial charge >= 0.3 is 0 Å². The number of aryl methyl sites for hydroxylation is 2. The first-order chi connectivity index (χ1) is 14.8. The van der Waals surface area contributed by atoms with E-state index in [1.807, 2.05) is 44.2 Å². The van der Waals surface area contributed by atoms with Crippen LogP contribution < -0.4 is 5.32 Å². The van der Waals surface area contributed by atoms with Gasteiger partial charge in [0.05, 0.1) is 21.2 Å². The van der Waals surface area contributed by atoms with Crippen LogP contribution in [0.3, 0.4) is 0 Å². The Hall–Kier alpha value is -2.42. The lowest BCUT2D eigenvalue weighted by molar-refractivity contribution is -0.113. The number of amides is 1. The van der Waals surface area contributed by atoms with Crippen molar-refractivity contribution in [1.82, 2.24) is 9.29 Å². The number of sulfonamides is 1. The van der Waals surface area contributed by atoms with Crippen molar-refractivity contribution in [3.8, 4) is 0 Å². The summed E-state index contributed by atoms with van der Waals surface area (Å²) in [4.78, 5) is 17.2. The fraction of sp³-hybridized carbons (Fsp3) is 0.304. The molecule has 4 rings (SSSR count). The molecule has 0 atom stereocenters. The van der Waals surface area contributed by atoms with E-state index in [-0.39, 0.29) is 11.7 Å². The third-order valence-electron chi connectivity index (χ3n) is 5.35. The zero-order chi connectivity index (χ0) is 22.0. The predicted molar refractivity (Wildman–Crippen MR) is 125 cm³/mol. The standard InChI is InChI=1S/C23H25N3O3S2/c1-16-5-7-18(8-6-16)24-22(27)15-30-23-13-17(2)20-14-19(9-10-21(20)25-23)31(28,29)26-11-3-4-12-26/h5-10,13-14H,3-4,11-12,15H2,1-2H3,(H,24,27). The van der Waals surface area contributed by atoms with Gasteiger partial charge in [-0.1, -0.05) is 29.5 Å². The molecule has 1 aliphatic heterocycles. The molecule has 2 heterocycles. The molecule has 3 aromatic rings. The van der Waals surface area contributed by atoms with Gasteiger partial charge in [0.1, 0.15) is 0 Å². The Morgan fingerprint density at radius 1 is 1.06 bits per heavy atom. The Morgan fingerprint density at radius 3 is 2.48 bits per heavy atom. The highest BCUT2D eigenvalue weighted by Crippen LogP contribution is 2.28. The first-order valence-corrected chi connectivity index (χ1v) is 12.7. The second-order valence-corrected chi connectivity index (χ2v) is 10.7. The van der Waals surface area contributed by atoms with Crippen molar-refractivity contribution in [1.29, 1.82) is 0 Å². The molecular formula is C23H25N3O3S2. The van der Waals surface area contributed by atoms with Crippen LogP contribution in [-0.2, 0) is 14.8 Å². The van der Waals surface area contributed by atoms with Crippen molar-refractivity contribution in [3.05, 3.63) is 59.7 Å². The van der Waals surface area contributed by atoms with Crippen molar-refractivity contribution in [3.63, 3.8) is 0 Å². The van der Waals surface area contributed by atoms with E-state index in [9.17, 15) is 13.2 Å². The maximum Gasteiger partial charge on any atom is 0.243 e. The molecule has 1 fully saturated rings. The lowest BCUT2D eigenvalue weighted by atomic mass is 10.1. The molecule has 8 heteroatoms. The second-order valence-electron chi connectivity index (χ2n) is 7.77. The van der Waals surface area contributed by atoms with Gasteiger partial charge in [0.2, 0.25) is 15.9 Å². The topological polar surface area (TPSA) is 79.4 Å². The van der Waals surface area contributed by atoms with Crippen LogP contribution in [0.15, 0.2) is 58.5 Å². The number of carbonyl (C=O) groups is 1. The number of nitrogens with one attached hydrogen (secondary N) is 1. The van der Waals surface area contributed by atoms with Gasteiger partial charge < -0.3 is 5.32 Å². The summed E-state index contributed by atoms with van der Waals surface area (Å²) in [6.07, 6.45) is 1.82. The lowest BCUT2D eigenvalue weighted by Crippen LogP contribution is -2.27. The van der Waals surface area contributed by atoms with E-state index >= 15 is 0 Å². The van der Waals surface area contributed by atoms with Gasteiger partial charge in [-0.05, 0) is 68.7 Å². The predicted octanol–water partition coefficient (Wildman–Crippen LogP) is 4.37. The number of benzene rings is 2. The number of anilines is 1. The number of hydrogen-bond donors (Lipinski definition) is 1. The molecule has 1 N–H and O–H groups in total. The smallest absolute Gasteiger partial charge is 0.243 e. The summed E-state index contributed by atoms with van der Waals surface area (Å²) in [5.74, 6) is 0.147. The van der Waals surface area contributed by atoms with Gasteiger partial charge in [0.15, 0.2) is 0 Å². The third kappa shape index (κ3) is 4.92. The van der Waals surface area contributed by atoms with Gasteiger partial charge in [-0.2, -0.15) is 4.31 Å². The van der Waals surface area contributed by atoms with Crippen molar-refractivity contribution in [2.24, 2.45) is 0 Å². The van der Waals surface area contributed by atoms with Crippen LogP contribution >= 0.6 is 11.8 Å². The molecule has 0 bridgehead atoms. The van der Waals surface area contributed by atoms with E-state index in [4.69, 9.17) is 0 Å². The maximum absolute atomic E-state index is 12.9. The normalized spacial score (nSPS) is 14.8. The number of thioether (sulfide) groups is 1. The Balaban J connectivity index is 1.48. The number of fused-ring (bicyclic) bond motifs is 1. The largest absolute Gasteiger partial charge is 0.325 e. The molecule has 31 heavy (non-hydrogen) atoms. The Bertz CT molecular complexity index is 1220. The molecule has 0 aliphatic carbocycles. The van der Waals surface area contributed by atoms with Crippen molar-refractivity contribution < 1.29 is 13.2 Å². The van der Waals surface area contributed by atoms with E-state index in [1.165, 1.54) is 11.8 Å². The number of pyridine rings is 1. The van der Waals surface area contributed by atoms with Crippen LogP contribution in [0.5, 0.6) is 0 Å². The zero-order valence-electron chi connectivity index (χ0n) is 17.6. The lowest BCUT2D eigenvalue weighted by Gasteiger charge is -2.16. The number of nitrogens with zero attached hydrogens (tertiary/aromatic N) is 2. The minimum atomic E-state index is -3.46. The van der Waals surface area contributed by atoms with Gasteiger partial charge in [0, 0.05) is 24.2 Å². The number of carbonyl (C=O) groups excluding carboxylic acids is 1. The van der Waals surface area contributed by atoms with Gasteiger partial charge in [-0.3, -0.25) is 4.79 Å². The summed E-state index contributed by atoms with van der Waals surface area (Å²) in [5, 5.41) is 4.43. The second kappa shape index (κ2) is 8.98. The van der Waals surface area contributed by atoms with Crippen LogP contribution in [0.25, 0.3) is 10.9 Å². The summed E-state index contributed by atoms with van der Waals surface area (Å²) < 4.78 is 27.3. The third-order valence-corrected chi connectivity index (χ3v) is 8.16. The summed E-state index contributed by atoms with van der Waals surface area (Å²) in [7, 11) is -3.46. The molecule has 0 unspecified atom stereocenters. The minimum Gasteiger partial charge on any atom is -0.325 e.